The Bertz CT molecular complexity index is 689. The van der Waals surface area contributed by atoms with Gasteiger partial charge in [-0.2, -0.15) is 0 Å². The number of rotatable bonds is 6. The van der Waals surface area contributed by atoms with Crippen LogP contribution in [-0.2, 0) is 0 Å². The molecule has 4 nitrogen and oxygen atoms in total. The summed E-state index contributed by atoms with van der Waals surface area (Å²) in [5.41, 5.74) is 1.43. The molecule has 0 unspecified atom stereocenters. The molecule has 0 saturated carbocycles. The van der Waals surface area contributed by atoms with Crippen LogP contribution in [0.3, 0.4) is 0 Å². The minimum absolute atomic E-state index is 0.263. The molecule has 24 heavy (non-hydrogen) atoms. The Hall–Kier alpha value is -2.40. The van der Waals surface area contributed by atoms with Crippen molar-refractivity contribution in [3.8, 4) is 5.75 Å². The second kappa shape index (κ2) is 9.03. The van der Waals surface area contributed by atoms with E-state index in [2.05, 4.69) is 5.32 Å². The third-order valence-electron chi connectivity index (χ3n) is 3.44. The fourth-order valence-electron chi connectivity index (χ4n) is 2.28. The number of carbonyl (C=O) groups is 1. The molecule has 0 fully saturated rings. The number of thiocarbonyl (C=S) groups is 1. The van der Waals surface area contributed by atoms with Crippen LogP contribution in [0, 0.1) is 0 Å². The van der Waals surface area contributed by atoms with Crippen LogP contribution in [0.15, 0.2) is 54.6 Å². The van der Waals surface area contributed by atoms with E-state index in [9.17, 15) is 4.79 Å². The summed E-state index contributed by atoms with van der Waals surface area (Å²) in [5, 5.41) is 3.18. The molecule has 2 rings (SSSR count). The van der Waals surface area contributed by atoms with Crippen LogP contribution in [0.25, 0.3) is 0 Å². The van der Waals surface area contributed by atoms with Gasteiger partial charge in [0.15, 0.2) is 5.11 Å². The van der Waals surface area contributed by atoms with Crippen molar-refractivity contribution in [1.29, 1.82) is 0 Å². The normalized spacial score (nSPS) is 10.1. The van der Waals surface area contributed by atoms with Gasteiger partial charge >= 0.3 is 0 Å². The maximum atomic E-state index is 12.6. The van der Waals surface area contributed by atoms with Crippen LogP contribution in [-0.4, -0.2) is 24.2 Å². The van der Waals surface area contributed by atoms with Gasteiger partial charge in [0, 0.05) is 12.2 Å². The lowest BCUT2D eigenvalue weighted by Crippen LogP contribution is -2.42. The molecule has 0 aliphatic carbocycles. The maximum Gasteiger partial charge on any atom is 0.261 e. The van der Waals surface area contributed by atoms with Gasteiger partial charge < -0.3 is 9.64 Å². The van der Waals surface area contributed by atoms with E-state index in [1.807, 2.05) is 61.2 Å². The predicted octanol–water partition coefficient (Wildman–Crippen LogP) is 4.02. The molecule has 0 radical (unpaired) electrons. The fraction of sp³-hybridized carbons (Fsp3) is 0.263. The van der Waals surface area contributed by atoms with E-state index in [1.54, 1.807) is 12.1 Å². The van der Waals surface area contributed by atoms with Crippen molar-refractivity contribution in [3.05, 3.63) is 60.2 Å². The Morgan fingerprint density at radius 1 is 1.08 bits per heavy atom. The largest absolute Gasteiger partial charge is 0.493 e. The van der Waals surface area contributed by atoms with Gasteiger partial charge in [0.2, 0.25) is 0 Å². The minimum atomic E-state index is -0.263. The number of hydrogen-bond donors (Lipinski definition) is 1. The van der Waals surface area contributed by atoms with Crippen molar-refractivity contribution in [1.82, 2.24) is 5.32 Å². The van der Waals surface area contributed by atoms with Gasteiger partial charge in [-0.25, -0.2) is 0 Å². The first-order valence-electron chi connectivity index (χ1n) is 8.07. The van der Waals surface area contributed by atoms with E-state index in [0.29, 0.717) is 29.6 Å². The van der Waals surface area contributed by atoms with Gasteiger partial charge in [-0.15, -0.1) is 0 Å². The molecule has 0 atom stereocenters. The number of hydrogen-bond acceptors (Lipinski definition) is 3. The summed E-state index contributed by atoms with van der Waals surface area (Å²) in [6.45, 7) is 5.25. The van der Waals surface area contributed by atoms with Crippen molar-refractivity contribution < 1.29 is 9.53 Å². The summed E-state index contributed by atoms with van der Waals surface area (Å²) in [4.78, 5) is 14.5. The summed E-state index contributed by atoms with van der Waals surface area (Å²) < 4.78 is 5.64. The van der Waals surface area contributed by atoms with Gasteiger partial charge in [0.05, 0.1) is 12.2 Å². The molecule has 2 aromatic carbocycles. The average Bonchev–Trinajstić information content (AvgIpc) is 2.61. The van der Waals surface area contributed by atoms with Crippen molar-refractivity contribution in [3.63, 3.8) is 0 Å². The Balaban J connectivity index is 2.12. The first kappa shape index (κ1) is 17.9. The van der Waals surface area contributed by atoms with Gasteiger partial charge in [0.25, 0.3) is 5.91 Å². The van der Waals surface area contributed by atoms with Crippen molar-refractivity contribution in [2.75, 3.05) is 18.1 Å². The lowest BCUT2D eigenvalue weighted by Gasteiger charge is -2.24. The highest BCUT2D eigenvalue weighted by Crippen LogP contribution is 2.19. The van der Waals surface area contributed by atoms with Gasteiger partial charge in [-0.05, 0) is 49.8 Å². The molecule has 0 aromatic heterocycles. The number of para-hydroxylation sites is 2. The van der Waals surface area contributed by atoms with Crippen molar-refractivity contribution >= 4 is 28.9 Å². The molecule has 2 aromatic rings. The number of nitrogens with zero attached hydrogens (tertiary/aromatic N) is 1. The van der Waals surface area contributed by atoms with Crippen LogP contribution in [0.4, 0.5) is 5.69 Å². The number of nitrogens with one attached hydrogen (secondary N) is 1. The molecule has 126 valence electrons. The van der Waals surface area contributed by atoms with E-state index in [0.717, 1.165) is 12.1 Å². The smallest absolute Gasteiger partial charge is 0.261 e. The average molecular weight is 342 g/mol. The Labute approximate surface area is 148 Å². The summed E-state index contributed by atoms with van der Waals surface area (Å²) in [7, 11) is 0. The standard InChI is InChI=1S/C19H22N2O2S/c1-3-14-23-17-13-9-8-12-16(17)18(22)20-19(24)21(4-2)15-10-6-5-7-11-15/h5-13H,3-4,14H2,1-2H3,(H,20,22,24). The first-order chi connectivity index (χ1) is 11.7. The molecular formula is C19H22N2O2S. The van der Waals surface area contributed by atoms with E-state index in [-0.39, 0.29) is 5.91 Å². The Morgan fingerprint density at radius 2 is 1.75 bits per heavy atom. The second-order valence-electron chi connectivity index (χ2n) is 5.18. The van der Waals surface area contributed by atoms with Gasteiger partial charge in [-0.3, -0.25) is 10.1 Å². The summed E-state index contributed by atoms with van der Waals surface area (Å²) >= 11 is 5.42. The zero-order valence-corrected chi connectivity index (χ0v) is 14.8. The number of benzene rings is 2. The second-order valence-corrected chi connectivity index (χ2v) is 5.57. The Morgan fingerprint density at radius 3 is 2.42 bits per heavy atom. The zero-order valence-electron chi connectivity index (χ0n) is 14.0. The molecule has 0 aliphatic rings. The third kappa shape index (κ3) is 4.55. The zero-order chi connectivity index (χ0) is 17.4. The topological polar surface area (TPSA) is 41.6 Å². The van der Waals surface area contributed by atoms with Crippen molar-refractivity contribution in [2.45, 2.75) is 20.3 Å². The van der Waals surface area contributed by atoms with E-state index >= 15 is 0 Å². The monoisotopic (exact) mass is 342 g/mol. The number of anilines is 1. The van der Waals surface area contributed by atoms with Gasteiger partial charge in [0.1, 0.15) is 5.75 Å². The third-order valence-corrected chi connectivity index (χ3v) is 3.77. The number of amides is 1. The van der Waals surface area contributed by atoms with E-state index < -0.39 is 0 Å². The molecule has 0 heterocycles. The summed E-state index contributed by atoms with van der Waals surface area (Å²) in [6, 6.07) is 16.9. The minimum Gasteiger partial charge on any atom is -0.493 e. The summed E-state index contributed by atoms with van der Waals surface area (Å²) in [5.74, 6) is 0.309. The molecule has 1 amide bonds. The highest BCUT2D eigenvalue weighted by molar-refractivity contribution is 7.80. The first-order valence-corrected chi connectivity index (χ1v) is 8.47. The van der Waals surface area contributed by atoms with E-state index in [1.165, 1.54) is 0 Å². The lowest BCUT2D eigenvalue weighted by molar-refractivity contribution is 0.0973. The number of ether oxygens (including phenoxy) is 1. The van der Waals surface area contributed by atoms with Gasteiger partial charge in [-0.1, -0.05) is 37.3 Å². The molecular weight excluding hydrogens is 320 g/mol. The maximum absolute atomic E-state index is 12.6. The lowest BCUT2D eigenvalue weighted by atomic mass is 10.2. The molecule has 1 N–H and O–H groups in total. The molecule has 0 saturated heterocycles. The Kier molecular flexibility index (Phi) is 6.75. The predicted molar refractivity (Wildman–Crippen MR) is 102 cm³/mol. The van der Waals surface area contributed by atoms with Crippen LogP contribution >= 0.6 is 12.2 Å². The van der Waals surface area contributed by atoms with Crippen LogP contribution in [0.1, 0.15) is 30.6 Å². The van der Waals surface area contributed by atoms with Crippen LogP contribution in [0.5, 0.6) is 5.75 Å². The molecule has 0 bridgehead atoms. The van der Waals surface area contributed by atoms with Crippen LogP contribution < -0.4 is 15.0 Å². The van der Waals surface area contributed by atoms with E-state index in [4.69, 9.17) is 17.0 Å². The molecule has 5 heteroatoms. The highest BCUT2D eigenvalue weighted by Gasteiger charge is 2.17. The van der Waals surface area contributed by atoms with Crippen molar-refractivity contribution in [2.24, 2.45) is 0 Å². The fourth-order valence-corrected chi connectivity index (χ4v) is 2.60. The SMILES string of the molecule is CCCOc1ccccc1C(=O)NC(=S)N(CC)c1ccccc1. The number of carbonyl (C=O) groups excluding carboxylic acids is 1. The molecule has 0 spiro atoms. The summed E-state index contributed by atoms with van der Waals surface area (Å²) in [6.07, 6.45) is 0.881. The molecule has 0 aliphatic heterocycles. The quantitative estimate of drug-likeness (QED) is 0.805. The van der Waals surface area contributed by atoms with Crippen LogP contribution in [0.2, 0.25) is 0 Å². The highest BCUT2D eigenvalue weighted by atomic mass is 32.1.